The summed E-state index contributed by atoms with van der Waals surface area (Å²) < 4.78 is 36.1. The number of alkyl halides is 1. The first kappa shape index (κ1) is 19.5. The van der Waals surface area contributed by atoms with Gasteiger partial charge in [0.15, 0.2) is 23.0 Å². The number of halogens is 1. The highest BCUT2D eigenvalue weighted by molar-refractivity contribution is 6.11. The van der Waals surface area contributed by atoms with Gasteiger partial charge < -0.3 is 23.8 Å². The van der Waals surface area contributed by atoms with Gasteiger partial charge in [-0.05, 0) is 37.0 Å². The van der Waals surface area contributed by atoms with Crippen molar-refractivity contribution < 1.29 is 32.9 Å². The van der Waals surface area contributed by atoms with E-state index in [-0.39, 0.29) is 29.4 Å². The van der Waals surface area contributed by atoms with Crippen molar-refractivity contribution >= 4 is 11.7 Å². The fraction of sp³-hybridized carbons (Fsp3) is 0.524. The van der Waals surface area contributed by atoms with Crippen LogP contribution in [0.15, 0.2) is 23.5 Å². The van der Waals surface area contributed by atoms with Crippen LogP contribution in [-0.4, -0.2) is 57.2 Å². The average Bonchev–Trinajstić information content (AvgIpc) is 2.98. The second-order valence-electron chi connectivity index (χ2n) is 7.56. The normalized spacial score (nSPS) is 28.7. The maximum absolute atomic E-state index is 14.0. The van der Waals surface area contributed by atoms with Crippen LogP contribution in [-0.2, 0) is 14.3 Å². The molecule has 0 spiro atoms. The molecule has 1 aromatic carbocycles. The van der Waals surface area contributed by atoms with Gasteiger partial charge in [-0.15, -0.1) is 0 Å². The molecule has 1 aliphatic carbocycles. The molecule has 0 aromatic heterocycles. The summed E-state index contributed by atoms with van der Waals surface area (Å²) in [7, 11) is 6.12. The third-order valence-corrected chi connectivity index (χ3v) is 6.02. The molecule has 8 heteroatoms. The molecule has 1 fully saturated rings. The first-order chi connectivity index (χ1) is 13.9. The van der Waals surface area contributed by atoms with Gasteiger partial charge in [-0.25, -0.2) is 4.39 Å². The number of hydrogen-bond donors (Lipinski definition) is 0. The average molecular weight is 405 g/mol. The van der Waals surface area contributed by atoms with Gasteiger partial charge in [-0.3, -0.25) is 9.59 Å². The number of carbonyl (C=O) groups is 2. The molecule has 29 heavy (non-hydrogen) atoms. The molecule has 4 atom stereocenters. The van der Waals surface area contributed by atoms with Crippen LogP contribution < -0.4 is 14.2 Å². The lowest BCUT2D eigenvalue weighted by atomic mass is 9.77. The Hall–Kier alpha value is -2.77. The van der Waals surface area contributed by atoms with Crippen LogP contribution in [0.1, 0.15) is 30.9 Å². The highest BCUT2D eigenvalue weighted by Gasteiger charge is 2.52. The molecule has 0 bridgehead atoms. The van der Waals surface area contributed by atoms with E-state index in [2.05, 4.69) is 0 Å². The number of Topliss-reactive ketones (excluding diaryl/α,β-unsaturated/α-hetero) is 1. The van der Waals surface area contributed by atoms with E-state index in [9.17, 15) is 14.0 Å². The summed E-state index contributed by atoms with van der Waals surface area (Å²) in [6, 6.07) is 2.76. The van der Waals surface area contributed by atoms with Crippen LogP contribution >= 0.6 is 0 Å². The van der Waals surface area contributed by atoms with E-state index in [0.29, 0.717) is 35.7 Å². The summed E-state index contributed by atoms with van der Waals surface area (Å²) in [5, 5.41) is 0. The molecule has 0 N–H and O–H groups in total. The number of hydrogen-bond acceptors (Lipinski definition) is 6. The van der Waals surface area contributed by atoms with Crippen molar-refractivity contribution in [1.29, 1.82) is 0 Å². The third kappa shape index (κ3) is 2.92. The first-order valence-electron chi connectivity index (χ1n) is 9.57. The van der Waals surface area contributed by atoms with Crippen molar-refractivity contribution in [1.82, 2.24) is 4.90 Å². The Morgan fingerprint density at radius 2 is 1.72 bits per heavy atom. The zero-order chi connectivity index (χ0) is 20.9. The van der Waals surface area contributed by atoms with E-state index < -0.39 is 24.2 Å². The first-order valence-corrected chi connectivity index (χ1v) is 9.57. The summed E-state index contributed by atoms with van der Waals surface area (Å²) in [4.78, 5) is 27.7. The van der Waals surface area contributed by atoms with E-state index in [0.717, 1.165) is 0 Å². The van der Waals surface area contributed by atoms with Gasteiger partial charge >= 0.3 is 0 Å². The summed E-state index contributed by atoms with van der Waals surface area (Å²) in [6.07, 6.45) is -0.567. The highest BCUT2D eigenvalue weighted by atomic mass is 19.1. The minimum absolute atomic E-state index is 0.0785. The summed E-state index contributed by atoms with van der Waals surface area (Å²) >= 11 is 0. The molecule has 156 valence electrons. The lowest BCUT2D eigenvalue weighted by Crippen LogP contribution is -2.42. The summed E-state index contributed by atoms with van der Waals surface area (Å²) in [5.41, 5.74) is 0.908. The zero-order valence-corrected chi connectivity index (χ0v) is 16.9. The number of likely N-dealkylation sites (N-methyl/N-ethyl adjacent to an activating group) is 1. The van der Waals surface area contributed by atoms with Crippen molar-refractivity contribution in [2.24, 2.45) is 5.92 Å². The number of ether oxygens (including phenoxy) is 4. The lowest BCUT2D eigenvalue weighted by molar-refractivity contribution is -0.135. The number of methoxy groups -OCH3 is 3. The molecule has 0 radical (unpaired) electrons. The number of amides is 1. The Balaban J connectivity index is 1.81. The summed E-state index contributed by atoms with van der Waals surface area (Å²) in [5.74, 6) is 0.193. The molecule has 4 rings (SSSR count). The maximum atomic E-state index is 14.0. The van der Waals surface area contributed by atoms with Crippen molar-refractivity contribution in [2.45, 2.75) is 37.6 Å². The van der Waals surface area contributed by atoms with Crippen LogP contribution in [0.2, 0.25) is 0 Å². The van der Waals surface area contributed by atoms with Crippen molar-refractivity contribution in [2.75, 3.05) is 28.4 Å². The number of ketones is 1. The predicted molar refractivity (Wildman–Crippen MR) is 101 cm³/mol. The largest absolute Gasteiger partial charge is 0.493 e. The van der Waals surface area contributed by atoms with Crippen LogP contribution in [0.25, 0.3) is 0 Å². The Bertz CT molecular complexity index is 872. The Labute approximate surface area is 168 Å². The van der Waals surface area contributed by atoms with Crippen LogP contribution in [0.5, 0.6) is 17.2 Å². The molecule has 2 aliphatic heterocycles. The smallest absolute Gasteiger partial charge is 0.289 e. The highest BCUT2D eigenvalue weighted by Crippen LogP contribution is 2.49. The number of carbonyl (C=O) groups excluding carboxylic acids is 2. The Kier molecular flexibility index (Phi) is 4.88. The Morgan fingerprint density at radius 3 is 2.31 bits per heavy atom. The molecule has 1 saturated carbocycles. The van der Waals surface area contributed by atoms with Gasteiger partial charge in [0.05, 0.1) is 38.9 Å². The van der Waals surface area contributed by atoms with Gasteiger partial charge in [0.25, 0.3) is 5.91 Å². The molecule has 2 heterocycles. The third-order valence-electron chi connectivity index (χ3n) is 6.02. The SMILES string of the molecule is COc1cc(C2C3=C(OC4CCC(F)CC4C3=O)C(=O)N2C)cc(OC)c1OC. The maximum Gasteiger partial charge on any atom is 0.289 e. The van der Waals surface area contributed by atoms with Crippen LogP contribution in [0.3, 0.4) is 0 Å². The fourth-order valence-electron chi connectivity index (χ4n) is 4.58. The van der Waals surface area contributed by atoms with E-state index in [4.69, 9.17) is 18.9 Å². The number of nitrogens with zero attached hydrogens (tertiary/aromatic N) is 1. The van der Waals surface area contributed by atoms with Crippen molar-refractivity contribution in [3.8, 4) is 17.2 Å². The predicted octanol–water partition coefficient (Wildman–Crippen LogP) is 2.59. The molecular weight excluding hydrogens is 381 g/mol. The molecular formula is C21H24FNO6. The van der Waals surface area contributed by atoms with E-state index in [1.807, 2.05) is 0 Å². The molecule has 1 amide bonds. The summed E-state index contributed by atoms with van der Waals surface area (Å²) in [6.45, 7) is 0. The van der Waals surface area contributed by atoms with Crippen molar-refractivity contribution in [3.63, 3.8) is 0 Å². The lowest BCUT2D eigenvalue weighted by Gasteiger charge is -2.36. The topological polar surface area (TPSA) is 74.3 Å². The minimum atomic E-state index is -1.03. The van der Waals surface area contributed by atoms with E-state index >= 15 is 0 Å². The van der Waals surface area contributed by atoms with Gasteiger partial charge in [0.2, 0.25) is 5.75 Å². The van der Waals surface area contributed by atoms with Gasteiger partial charge in [-0.2, -0.15) is 0 Å². The Morgan fingerprint density at radius 1 is 1.07 bits per heavy atom. The molecule has 7 nitrogen and oxygen atoms in total. The molecule has 1 aromatic rings. The van der Waals surface area contributed by atoms with E-state index in [1.54, 1.807) is 19.2 Å². The quantitative estimate of drug-likeness (QED) is 0.767. The van der Waals surface area contributed by atoms with Gasteiger partial charge in [-0.1, -0.05) is 0 Å². The monoisotopic (exact) mass is 405 g/mol. The van der Waals surface area contributed by atoms with E-state index in [1.165, 1.54) is 26.2 Å². The molecule has 4 unspecified atom stereocenters. The van der Waals surface area contributed by atoms with Gasteiger partial charge in [0.1, 0.15) is 12.3 Å². The molecule has 3 aliphatic rings. The second-order valence-corrected chi connectivity index (χ2v) is 7.56. The second kappa shape index (κ2) is 7.24. The van der Waals surface area contributed by atoms with Crippen molar-refractivity contribution in [3.05, 3.63) is 29.0 Å². The standard InChI is InChI=1S/C21H24FNO6/c1-23-17(10-7-14(26-2)19(28-4)15(8-10)27-3)16-18(24)12-9-11(22)5-6-13(12)29-20(16)21(23)25/h7-8,11-13,17H,5-6,9H2,1-4H3. The number of fused-ring (bicyclic) bond motifs is 1. The van der Waals surface area contributed by atoms with Gasteiger partial charge in [0, 0.05) is 7.05 Å². The number of rotatable bonds is 4. The number of benzene rings is 1. The zero-order valence-electron chi connectivity index (χ0n) is 16.9. The fourth-order valence-corrected chi connectivity index (χ4v) is 4.58. The molecule has 0 saturated heterocycles. The van der Waals surface area contributed by atoms with Crippen LogP contribution in [0, 0.1) is 5.92 Å². The minimum Gasteiger partial charge on any atom is -0.493 e. The van der Waals surface area contributed by atoms with Crippen LogP contribution in [0.4, 0.5) is 4.39 Å².